The first-order chi connectivity index (χ1) is 8.15. The predicted octanol–water partition coefficient (Wildman–Crippen LogP) is 4.32. The fourth-order valence-electron chi connectivity index (χ4n) is 2.45. The fraction of sp³-hybridized carbons (Fsp3) is 0.714. The number of rotatable bonds is 6. The first kappa shape index (κ1) is 13.6. The van der Waals surface area contributed by atoms with Gasteiger partial charge in [0.2, 0.25) is 0 Å². The van der Waals surface area contributed by atoms with E-state index in [1.807, 2.05) is 11.3 Å². The van der Waals surface area contributed by atoms with E-state index >= 15 is 0 Å². The van der Waals surface area contributed by atoms with Gasteiger partial charge >= 0.3 is 0 Å². The zero-order valence-corrected chi connectivity index (χ0v) is 13.1. The van der Waals surface area contributed by atoms with E-state index in [4.69, 9.17) is 0 Å². The maximum absolute atomic E-state index is 3.60. The van der Waals surface area contributed by atoms with Crippen LogP contribution in [0.25, 0.3) is 0 Å². The van der Waals surface area contributed by atoms with Crippen LogP contribution in [0.5, 0.6) is 0 Å². The average molecular weight is 316 g/mol. The van der Waals surface area contributed by atoms with E-state index in [0.29, 0.717) is 0 Å². The van der Waals surface area contributed by atoms with Gasteiger partial charge in [0.1, 0.15) is 0 Å². The highest BCUT2D eigenvalue weighted by atomic mass is 79.9. The number of hydrogen-bond donors (Lipinski definition) is 1. The summed E-state index contributed by atoms with van der Waals surface area (Å²) in [6.45, 7) is 6.92. The van der Waals surface area contributed by atoms with E-state index in [1.165, 1.54) is 34.5 Å². The highest BCUT2D eigenvalue weighted by Crippen LogP contribution is 2.38. The normalized spacial score (nSPS) is 24.0. The molecule has 2 atom stereocenters. The smallest absolute Gasteiger partial charge is 0.0701 e. The quantitative estimate of drug-likeness (QED) is 0.824. The molecular weight excluding hydrogens is 294 g/mol. The van der Waals surface area contributed by atoms with Gasteiger partial charge in [-0.05, 0) is 78.2 Å². The van der Waals surface area contributed by atoms with Gasteiger partial charge in [0.15, 0.2) is 0 Å². The first-order valence-corrected chi connectivity index (χ1v) is 8.21. The van der Waals surface area contributed by atoms with Gasteiger partial charge in [0.05, 0.1) is 3.79 Å². The molecule has 1 heterocycles. The van der Waals surface area contributed by atoms with Crippen molar-refractivity contribution >= 4 is 27.3 Å². The van der Waals surface area contributed by atoms with E-state index in [-0.39, 0.29) is 0 Å². The molecule has 0 aromatic carbocycles. The van der Waals surface area contributed by atoms with Crippen molar-refractivity contribution in [1.29, 1.82) is 0 Å². The van der Waals surface area contributed by atoms with Gasteiger partial charge in [-0.3, -0.25) is 0 Å². The van der Waals surface area contributed by atoms with E-state index < -0.39 is 0 Å². The Morgan fingerprint density at radius 2 is 2.12 bits per heavy atom. The molecule has 0 radical (unpaired) electrons. The zero-order valence-electron chi connectivity index (χ0n) is 10.7. The molecule has 0 spiro atoms. The predicted molar refractivity (Wildman–Crippen MR) is 79.6 cm³/mol. The number of hydrogen-bond acceptors (Lipinski definition) is 2. The highest BCUT2D eigenvalue weighted by molar-refractivity contribution is 9.11. The molecule has 2 rings (SSSR count). The highest BCUT2D eigenvalue weighted by Gasteiger charge is 2.30. The molecule has 1 aromatic heterocycles. The Labute approximate surface area is 117 Å². The van der Waals surface area contributed by atoms with Crippen molar-refractivity contribution in [2.24, 2.45) is 17.8 Å². The van der Waals surface area contributed by atoms with Crippen LogP contribution in [0, 0.1) is 17.8 Å². The van der Waals surface area contributed by atoms with Crippen molar-refractivity contribution in [3.63, 3.8) is 0 Å². The third-order valence-electron chi connectivity index (χ3n) is 3.63. The summed E-state index contributed by atoms with van der Waals surface area (Å²) in [6, 6.07) is 4.44. The van der Waals surface area contributed by atoms with Gasteiger partial charge in [0, 0.05) is 4.88 Å². The lowest BCUT2D eigenvalue weighted by molar-refractivity contribution is 0.170. The third kappa shape index (κ3) is 4.08. The SMILES string of the molecule is CC(C)CNCC1CCC1Cc1ccc(Br)s1. The van der Waals surface area contributed by atoms with E-state index in [9.17, 15) is 0 Å². The Hall–Kier alpha value is 0.140. The molecule has 2 unspecified atom stereocenters. The second-order valence-corrected chi connectivity index (χ2v) is 8.11. The third-order valence-corrected chi connectivity index (χ3v) is 5.27. The van der Waals surface area contributed by atoms with Crippen LogP contribution in [0.1, 0.15) is 31.6 Å². The molecule has 0 amide bonds. The summed E-state index contributed by atoms with van der Waals surface area (Å²) in [7, 11) is 0. The summed E-state index contributed by atoms with van der Waals surface area (Å²) in [5.74, 6) is 2.59. The van der Waals surface area contributed by atoms with Gasteiger partial charge in [-0.25, -0.2) is 0 Å². The van der Waals surface area contributed by atoms with E-state index in [0.717, 1.165) is 24.3 Å². The van der Waals surface area contributed by atoms with Crippen LogP contribution in [0.15, 0.2) is 15.9 Å². The standard InChI is InChI=1S/C14H22BrNS/c1-10(2)8-16-9-12-4-3-11(12)7-13-5-6-14(15)17-13/h5-6,10-12,16H,3-4,7-9H2,1-2H3. The fourth-order valence-corrected chi connectivity index (χ4v) is 4.03. The van der Waals surface area contributed by atoms with Crippen LogP contribution in [-0.2, 0) is 6.42 Å². The Balaban J connectivity index is 1.71. The minimum Gasteiger partial charge on any atom is -0.316 e. The number of thiophene rings is 1. The first-order valence-electron chi connectivity index (χ1n) is 6.60. The summed E-state index contributed by atoms with van der Waals surface area (Å²) < 4.78 is 1.27. The summed E-state index contributed by atoms with van der Waals surface area (Å²) in [4.78, 5) is 1.54. The monoisotopic (exact) mass is 315 g/mol. The van der Waals surface area contributed by atoms with Crippen LogP contribution < -0.4 is 5.32 Å². The molecule has 96 valence electrons. The zero-order chi connectivity index (χ0) is 12.3. The van der Waals surface area contributed by atoms with Crippen molar-refractivity contribution in [2.45, 2.75) is 33.1 Å². The molecule has 1 nitrogen and oxygen atoms in total. The topological polar surface area (TPSA) is 12.0 Å². The minimum absolute atomic E-state index is 0.766. The molecule has 1 aliphatic carbocycles. The molecule has 0 aliphatic heterocycles. The van der Waals surface area contributed by atoms with Gasteiger partial charge in [-0.15, -0.1) is 11.3 Å². The molecule has 1 aliphatic rings. The molecule has 3 heteroatoms. The number of nitrogens with one attached hydrogen (secondary N) is 1. The largest absolute Gasteiger partial charge is 0.316 e. The minimum atomic E-state index is 0.766. The molecule has 1 N–H and O–H groups in total. The molecular formula is C14H22BrNS. The van der Waals surface area contributed by atoms with E-state index in [1.54, 1.807) is 0 Å². The number of halogens is 1. The van der Waals surface area contributed by atoms with Gasteiger partial charge in [-0.2, -0.15) is 0 Å². The second-order valence-electron chi connectivity index (χ2n) is 5.56. The summed E-state index contributed by atoms with van der Waals surface area (Å²) in [5, 5.41) is 3.60. The van der Waals surface area contributed by atoms with Crippen LogP contribution >= 0.6 is 27.3 Å². The lowest BCUT2D eigenvalue weighted by atomic mass is 9.71. The van der Waals surface area contributed by atoms with Crippen molar-refractivity contribution in [3.05, 3.63) is 20.8 Å². The maximum atomic E-state index is 3.60. The Morgan fingerprint density at radius 3 is 2.65 bits per heavy atom. The summed E-state index contributed by atoms with van der Waals surface area (Å²) in [5.41, 5.74) is 0. The Bertz CT molecular complexity index is 348. The second kappa shape index (κ2) is 6.35. The lowest BCUT2D eigenvalue weighted by Crippen LogP contribution is -2.37. The van der Waals surface area contributed by atoms with Crippen LogP contribution in [-0.4, -0.2) is 13.1 Å². The van der Waals surface area contributed by atoms with Crippen LogP contribution in [0.2, 0.25) is 0 Å². The van der Waals surface area contributed by atoms with Crippen molar-refractivity contribution in [2.75, 3.05) is 13.1 Å². The summed E-state index contributed by atoms with van der Waals surface area (Å²) >= 11 is 5.43. The molecule has 0 saturated heterocycles. The van der Waals surface area contributed by atoms with Gasteiger partial charge in [-0.1, -0.05) is 13.8 Å². The molecule has 17 heavy (non-hydrogen) atoms. The Morgan fingerprint density at radius 1 is 1.35 bits per heavy atom. The molecule has 0 bridgehead atoms. The van der Waals surface area contributed by atoms with Gasteiger partial charge < -0.3 is 5.32 Å². The molecule has 1 saturated carbocycles. The van der Waals surface area contributed by atoms with E-state index in [2.05, 4.69) is 47.2 Å². The van der Waals surface area contributed by atoms with Gasteiger partial charge in [0.25, 0.3) is 0 Å². The Kier molecular flexibility index (Phi) is 5.07. The van der Waals surface area contributed by atoms with Crippen molar-refractivity contribution < 1.29 is 0 Å². The molecule has 1 fully saturated rings. The van der Waals surface area contributed by atoms with Crippen LogP contribution in [0.3, 0.4) is 0 Å². The molecule has 1 aromatic rings. The van der Waals surface area contributed by atoms with Crippen molar-refractivity contribution in [1.82, 2.24) is 5.32 Å². The van der Waals surface area contributed by atoms with Crippen LogP contribution in [0.4, 0.5) is 0 Å². The average Bonchev–Trinajstić information content (AvgIpc) is 2.65. The maximum Gasteiger partial charge on any atom is 0.0701 e. The van der Waals surface area contributed by atoms with Crippen molar-refractivity contribution in [3.8, 4) is 0 Å². The summed E-state index contributed by atoms with van der Waals surface area (Å²) in [6.07, 6.45) is 4.12. The lowest BCUT2D eigenvalue weighted by Gasteiger charge is -2.37.